The summed E-state index contributed by atoms with van der Waals surface area (Å²) in [4.78, 5) is 6.79. The number of anilines is 1. The molecule has 0 radical (unpaired) electrons. The van der Waals surface area contributed by atoms with Crippen LogP contribution in [0.25, 0.3) is 10.2 Å². The molecule has 3 nitrogen and oxygen atoms in total. The summed E-state index contributed by atoms with van der Waals surface area (Å²) in [6.45, 7) is 7.81. The van der Waals surface area contributed by atoms with Crippen molar-refractivity contribution in [2.24, 2.45) is 0 Å². The molecule has 0 saturated carbocycles. The predicted octanol–water partition coefficient (Wildman–Crippen LogP) is 3.50. The molecule has 0 unspecified atom stereocenters. The zero-order valence-electron chi connectivity index (χ0n) is 11.1. The van der Waals surface area contributed by atoms with E-state index in [2.05, 4.69) is 41.9 Å². The van der Waals surface area contributed by atoms with Gasteiger partial charge in [0.15, 0.2) is 5.13 Å². The number of nitrogen functional groups attached to an aromatic ring is 1. The lowest BCUT2D eigenvalue weighted by molar-refractivity contribution is 0.266. The molecule has 0 fully saturated rings. The lowest BCUT2D eigenvalue weighted by atomic mass is 10.2. The van der Waals surface area contributed by atoms with Gasteiger partial charge in [0.2, 0.25) is 0 Å². The highest BCUT2D eigenvalue weighted by molar-refractivity contribution is 7.22. The molecule has 98 valence electrons. The van der Waals surface area contributed by atoms with Gasteiger partial charge in [-0.25, -0.2) is 4.98 Å². The largest absolute Gasteiger partial charge is 0.375 e. The van der Waals surface area contributed by atoms with Gasteiger partial charge in [-0.1, -0.05) is 31.3 Å². The molecule has 0 saturated heterocycles. The van der Waals surface area contributed by atoms with Gasteiger partial charge in [0.1, 0.15) is 0 Å². The van der Waals surface area contributed by atoms with Crippen LogP contribution in [0.4, 0.5) is 5.13 Å². The highest BCUT2D eigenvalue weighted by Crippen LogP contribution is 2.25. The molecular formula is C14H21N3S. The summed E-state index contributed by atoms with van der Waals surface area (Å²) >= 11 is 1.57. The molecule has 1 heterocycles. The summed E-state index contributed by atoms with van der Waals surface area (Å²) in [5.74, 6) is 0. The second-order valence-electron chi connectivity index (χ2n) is 4.63. The summed E-state index contributed by atoms with van der Waals surface area (Å²) < 4.78 is 1.19. The van der Waals surface area contributed by atoms with E-state index in [0.717, 1.165) is 25.2 Å². The zero-order chi connectivity index (χ0) is 13.0. The first kappa shape index (κ1) is 13.3. The van der Waals surface area contributed by atoms with E-state index < -0.39 is 0 Å². The second kappa shape index (κ2) is 6.16. The third-order valence-electron chi connectivity index (χ3n) is 2.96. The summed E-state index contributed by atoms with van der Waals surface area (Å²) in [5.41, 5.74) is 8.10. The molecule has 0 aliphatic heterocycles. The van der Waals surface area contributed by atoms with Gasteiger partial charge in [-0.2, -0.15) is 0 Å². The first-order chi connectivity index (χ1) is 8.72. The van der Waals surface area contributed by atoms with E-state index >= 15 is 0 Å². The van der Waals surface area contributed by atoms with Crippen molar-refractivity contribution in [2.45, 2.75) is 33.2 Å². The molecule has 0 amide bonds. The number of thiazole rings is 1. The van der Waals surface area contributed by atoms with Gasteiger partial charge in [-0.05, 0) is 43.6 Å². The maximum atomic E-state index is 5.73. The maximum Gasteiger partial charge on any atom is 0.181 e. The van der Waals surface area contributed by atoms with Crippen molar-refractivity contribution in [2.75, 3.05) is 18.8 Å². The minimum Gasteiger partial charge on any atom is -0.375 e. The number of hydrogen-bond acceptors (Lipinski definition) is 4. The minimum absolute atomic E-state index is 0.654. The molecule has 4 heteroatoms. The summed E-state index contributed by atoms with van der Waals surface area (Å²) in [7, 11) is 0. The number of fused-ring (bicyclic) bond motifs is 1. The highest BCUT2D eigenvalue weighted by atomic mass is 32.1. The molecule has 1 aromatic carbocycles. The van der Waals surface area contributed by atoms with Crippen molar-refractivity contribution >= 4 is 26.7 Å². The third kappa shape index (κ3) is 3.21. The van der Waals surface area contributed by atoms with Crippen molar-refractivity contribution < 1.29 is 0 Å². The monoisotopic (exact) mass is 263 g/mol. The van der Waals surface area contributed by atoms with Gasteiger partial charge in [-0.15, -0.1) is 0 Å². The molecule has 1 aromatic heterocycles. The Labute approximate surface area is 113 Å². The van der Waals surface area contributed by atoms with Crippen molar-refractivity contribution in [3.05, 3.63) is 23.8 Å². The van der Waals surface area contributed by atoms with E-state index in [4.69, 9.17) is 5.73 Å². The highest BCUT2D eigenvalue weighted by Gasteiger charge is 2.06. The zero-order valence-corrected chi connectivity index (χ0v) is 12.0. The van der Waals surface area contributed by atoms with Crippen molar-refractivity contribution in [1.29, 1.82) is 0 Å². The van der Waals surface area contributed by atoms with Gasteiger partial charge < -0.3 is 5.73 Å². The molecule has 0 spiro atoms. The van der Waals surface area contributed by atoms with Crippen molar-refractivity contribution in [1.82, 2.24) is 9.88 Å². The molecular weight excluding hydrogens is 242 g/mol. The Bertz CT molecular complexity index is 501. The lowest BCUT2D eigenvalue weighted by Crippen LogP contribution is -2.24. The van der Waals surface area contributed by atoms with Gasteiger partial charge in [0.25, 0.3) is 0 Å². The van der Waals surface area contributed by atoms with Crippen LogP contribution in [0.2, 0.25) is 0 Å². The smallest absolute Gasteiger partial charge is 0.181 e. The van der Waals surface area contributed by atoms with Crippen LogP contribution in [0.3, 0.4) is 0 Å². The SMILES string of the molecule is CCCN(CCC)Cc1ccc2nc(N)sc2c1. The van der Waals surface area contributed by atoms with Gasteiger partial charge in [-0.3, -0.25) is 4.90 Å². The number of benzene rings is 1. The summed E-state index contributed by atoms with van der Waals surface area (Å²) in [6.07, 6.45) is 2.41. The van der Waals surface area contributed by atoms with Crippen LogP contribution in [-0.2, 0) is 6.54 Å². The van der Waals surface area contributed by atoms with E-state index in [1.807, 2.05) is 0 Å². The first-order valence-electron chi connectivity index (χ1n) is 6.60. The Morgan fingerprint density at radius 1 is 1.22 bits per heavy atom. The topological polar surface area (TPSA) is 42.2 Å². The molecule has 0 atom stereocenters. The fourth-order valence-electron chi connectivity index (χ4n) is 2.25. The molecule has 2 rings (SSSR count). The minimum atomic E-state index is 0.654. The van der Waals surface area contributed by atoms with Crippen LogP contribution < -0.4 is 5.73 Å². The third-order valence-corrected chi connectivity index (χ3v) is 3.80. The Hall–Kier alpha value is -1.13. The lowest BCUT2D eigenvalue weighted by Gasteiger charge is -2.20. The Kier molecular flexibility index (Phi) is 4.55. The molecule has 18 heavy (non-hydrogen) atoms. The standard InChI is InChI=1S/C14H21N3S/c1-3-7-17(8-4-2)10-11-5-6-12-13(9-11)18-14(15)16-12/h5-6,9H,3-4,7-8,10H2,1-2H3,(H2,15,16). The van der Waals surface area contributed by atoms with Crippen LogP contribution in [-0.4, -0.2) is 23.0 Å². The quantitative estimate of drug-likeness (QED) is 0.867. The summed E-state index contributed by atoms with van der Waals surface area (Å²) in [6, 6.07) is 6.47. The second-order valence-corrected chi connectivity index (χ2v) is 5.69. The van der Waals surface area contributed by atoms with Crippen LogP contribution >= 0.6 is 11.3 Å². The van der Waals surface area contributed by atoms with Crippen LogP contribution in [0.5, 0.6) is 0 Å². The number of rotatable bonds is 6. The Morgan fingerprint density at radius 3 is 2.61 bits per heavy atom. The molecule has 2 N–H and O–H groups in total. The maximum absolute atomic E-state index is 5.73. The molecule has 0 aliphatic rings. The van der Waals surface area contributed by atoms with E-state index in [9.17, 15) is 0 Å². The Balaban J connectivity index is 2.14. The average molecular weight is 263 g/mol. The number of nitrogens with zero attached hydrogens (tertiary/aromatic N) is 2. The fourth-order valence-corrected chi connectivity index (χ4v) is 3.04. The fraction of sp³-hybridized carbons (Fsp3) is 0.500. The van der Waals surface area contributed by atoms with Crippen LogP contribution in [0.15, 0.2) is 18.2 Å². The van der Waals surface area contributed by atoms with E-state index in [0.29, 0.717) is 5.13 Å². The van der Waals surface area contributed by atoms with E-state index in [1.165, 1.54) is 23.1 Å². The van der Waals surface area contributed by atoms with Crippen LogP contribution in [0.1, 0.15) is 32.3 Å². The van der Waals surface area contributed by atoms with Gasteiger partial charge >= 0.3 is 0 Å². The number of nitrogens with two attached hydrogens (primary N) is 1. The first-order valence-corrected chi connectivity index (χ1v) is 7.42. The van der Waals surface area contributed by atoms with Crippen molar-refractivity contribution in [3.63, 3.8) is 0 Å². The molecule has 2 aromatic rings. The number of hydrogen-bond donors (Lipinski definition) is 1. The van der Waals surface area contributed by atoms with E-state index in [1.54, 1.807) is 11.3 Å². The predicted molar refractivity (Wildman–Crippen MR) is 79.9 cm³/mol. The molecule has 0 aliphatic carbocycles. The van der Waals surface area contributed by atoms with Gasteiger partial charge in [0.05, 0.1) is 10.2 Å². The summed E-state index contributed by atoms with van der Waals surface area (Å²) in [5, 5.41) is 0.654. The van der Waals surface area contributed by atoms with Crippen LogP contribution in [0, 0.1) is 0 Å². The number of aromatic nitrogens is 1. The van der Waals surface area contributed by atoms with Gasteiger partial charge in [0, 0.05) is 6.54 Å². The average Bonchev–Trinajstić information content (AvgIpc) is 2.69. The Morgan fingerprint density at radius 2 is 1.94 bits per heavy atom. The van der Waals surface area contributed by atoms with Crippen molar-refractivity contribution in [3.8, 4) is 0 Å². The molecule has 0 bridgehead atoms. The van der Waals surface area contributed by atoms with E-state index in [-0.39, 0.29) is 0 Å². The normalized spacial score (nSPS) is 11.5.